The molecule has 2 amide bonds. The van der Waals surface area contributed by atoms with Crippen LogP contribution in [0.4, 0.5) is 5.69 Å². The van der Waals surface area contributed by atoms with Gasteiger partial charge in [-0.2, -0.15) is 0 Å². The van der Waals surface area contributed by atoms with Crippen molar-refractivity contribution >= 4 is 52.5 Å². The highest BCUT2D eigenvalue weighted by Gasteiger charge is 2.34. The highest BCUT2D eigenvalue weighted by atomic mass is 35.5. The number of aryl methyl sites for hydroxylation is 1. The Balaban J connectivity index is 2.02. The maximum Gasteiger partial charge on any atom is 0.270 e. The van der Waals surface area contributed by atoms with Gasteiger partial charge in [0, 0.05) is 24.0 Å². The molecule has 0 aliphatic carbocycles. The zero-order chi connectivity index (χ0) is 16.6. The van der Waals surface area contributed by atoms with Crippen LogP contribution in [-0.2, 0) is 16.6 Å². The van der Waals surface area contributed by atoms with Crippen LogP contribution in [0.3, 0.4) is 0 Å². The van der Waals surface area contributed by atoms with Crippen molar-refractivity contribution in [2.24, 2.45) is 7.05 Å². The van der Waals surface area contributed by atoms with Crippen molar-refractivity contribution < 1.29 is 9.59 Å². The zero-order valence-electron chi connectivity index (χ0n) is 12.1. The average Bonchev–Trinajstić information content (AvgIpc) is 2.90. The van der Waals surface area contributed by atoms with Crippen molar-refractivity contribution in [3.8, 4) is 0 Å². The number of thiocarbonyl (C=S) groups is 1. The van der Waals surface area contributed by atoms with Gasteiger partial charge in [-0.15, -0.1) is 0 Å². The summed E-state index contributed by atoms with van der Waals surface area (Å²) in [5.74, 6) is -0.978. The van der Waals surface area contributed by atoms with Crippen molar-refractivity contribution in [3.63, 3.8) is 0 Å². The van der Waals surface area contributed by atoms with Crippen LogP contribution in [0.1, 0.15) is 5.69 Å². The van der Waals surface area contributed by atoms with Gasteiger partial charge in [-0.25, -0.2) is 0 Å². The molecule has 1 aliphatic heterocycles. The van der Waals surface area contributed by atoms with Crippen LogP contribution in [0.25, 0.3) is 6.08 Å². The van der Waals surface area contributed by atoms with E-state index in [9.17, 15) is 9.59 Å². The molecule has 0 bridgehead atoms. The molecule has 0 unspecified atom stereocenters. The third-order valence-corrected chi connectivity index (χ3v) is 4.00. The van der Waals surface area contributed by atoms with Crippen LogP contribution < -0.4 is 10.2 Å². The summed E-state index contributed by atoms with van der Waals surface area (Å²) in [6.07, 6.45) is 3.38. The molecule has 1 aromatic carbocycles. The summed E-state index contributed by atoms with van der Waals surface area (Å²) in [6.45, 7) is 0. The summed E-state index contributed by atoms with van der Waals surface area (Å²) >= 11 is 11.0. The Morgan fingerprint density at radius 3 is 2.48 bits per heavy atom. The first-order chi connectivity index (χ1) is 11.0. The maximum atomic E-state index is 12.7. The highest BCUT2D eigenvalue weighted by Crippen LogP contribution is 2.23. The van der Waals surface area contributed by atoms with Gasteiger partial charge in [0.25, 0.3) is 11.8 Å². The molecule has 2 aromatic rings. The molecular formula is C16H12ClN3O2S. The Bertz CT molecular complexity index is 839. The summed E-state index contributed by atoms with van der Waals surface area (Å²) in [7, 11) is 1.83. The number of amides is 2. The fourth-order valence-electron chi connectivity index (χ4n) is 2.25. The third kappa shape index (κ3) is 2.91. The summed E-state index contributed by atoms with van der Waals surface area (Å²) in [5, 5.41) is 3.14. The smallest absolute Gasteiger partial charge is 0.270 e. The minimum absolute atomic E-state index is 0.0235. The Morgan fingerprint density at radius 1 is 1.17 bits per heavy atom. The molecule has 1 N–H and O–H groups in total. The fourth-order valence-corrected chi connectivity index (χ4v) is 2.66. The topological polar surface area (TPSA) is 54.3 Å². The first-order valence-electron chi connectivity index (χ1n) is 6.76. The second-order valence-corrected chi connectivity index (χ2v) is 5.80. The Kier molecular flexibility index (Phi) is 4.02. The second-order valence-electron chi connectivity index (χ2n) is 4.98. The SMILES string of the molecule is Cn1cccc1C=C1C(=O)NC(=S)N(c2ccc(Cl)cc2)C1=O. The Labute approximate surface area is 143 Å². The lowest BCUT2D eigenvalue weighted by Gasteiger charge is -2.28. The second kappa shape index (κ2) is 5.98. The zero-order valence-corrected chi connectivity index (χ0v) is 13.7. The predicted octanol–water partition coefficient (Wildman–Crippen LogP) is 2.51. The van der Waals surface area contributed by atoms with E-state index in [0.717, 1.165) is 5.69 Å². The number of carbonyl (C=O) groups excluding carboxylic acids is 2. The standard InChI is InChI=1S/C16H12ClN3O2S/c1-19-8-2-3-12(19)9-13-14(21)18-16(23)20(15(13)22)11-6-4-10(17)5-7-11/h2-9H,1H3,(H,18,21,23). The number of nitrogens with one attached hydrogen (secondary N) is 1. The minimum Gasteiger partial charge on any atom is -0.351 e. The van der Waals surface area contributed by atoms with Crippen LogP contribution in [-0.4, -0.2) is 21.5 Å². The number of aromatic nitrogens is 1. The van der Waals surface area contributed by atoms with Gasteiger partial charge < -0.3 is 4.57 Å². The lowest BCUT2D eigenvalue weighted by molar-refractivity contribution is -0.122. The lowest BCUT2D eigenvalue weighted by Crippen LogP contribution is -2.54. The molecule has 0 atom stereocenters. The summed E-state index contributed by atoms with van der Waals surface area (Å²) < 4.78 is 1.81. The summed E-state index contributed by atoms with van der Waals surface area (Å²) in [5.41, 5.74) is 1.31. The Morgan fingerprint density at radius 2 is 1.87 bits per heavy atom. The van der Waals surface area contributed by atoms with E-state index in [4.69, 9.17) is 23.8 Å². The van der Waals surface area contributed by atoms with Crippen LogP contribution in [0.2, 0.25) is 5.02 Å². The van der Waals surface area contributed by atoms with Crippen LogP contribution in [0.15, 0.2) is 48.2 Å². The molecular weight excluding hydrogens is 334 g/mol. The molecule has 3 rings (SSSR count). The van der Waals surface area contributed by atoms with Crippen molar-refractivity contribution in [1.29, 1.82) is 0 Å². The molecule has 116 valence electrons. The predicted molar refractivity (Wildman–Crippen MR) is 93.1 cm³/mol. The van der Waals surface area contributed by atoms with Crippen LogP contribution in [0, 0.1) is 0 Å². The number of anilines is 1. The number of hydrogen-bond donors (Lipinski definition) is 1. The molecule has 5 nitrogen and oxygen atoms in total. The Hall–Kier alpha value is -2.44. The van der Waals surface area contributed by atoms with Crippen LogP contribution in [0.5, 0.6) is 0 Å². The van der Waals surface area contributed by atoms with Gasteiger partial charge in [-0.1, -0.05) is 11.6 Å². The van der Waals surface area contributed by atoms with E-state index in [2.05, 4.69) is 5.32 Å². The van der Waals surface area contributed by atoms with E-state index in [1.807, 2.05) is 29.9 Å². The van der Waals surface area contributed by atoms with Gasteiger partial charge >= 0.3 is 0 Å². The van der Waals surface area contributed by atoms with Crippen LogP contribution >= 0.6 is 23.8 Å². The first kappa shape index (κ1) is 15.5. The van der Waals surface area contributed by atoms with E-state index < -0.39 is 11.8 Å². The van der Waals surface area contributed by atoms with E-state index in [-0.39, 0.29) is 10.7 Å². The maximum absolute atomic E-state index is 12.7. The van der Waals surface area contributed by atoms with E-state index in [0.29, 0.717) is 10.7 Å². The number of hydrogen-bond acceptors (Lipinski definition) is 3. The molecule has 1 aromatic heterocycles. The molecule has 23 heavy (non-hydrogen) atoms. The molecule has 0 radical (unpaired) electrons. The third-order valence-electron chi connectivity index (χ3n) is 3.46. The minimum atomic E-state index is -0.508. The highest BCUT2D eigenvalue weighted by molar-refractivity contribution is 7.80. The van der Waals surface area contributed by atoms with Gasteiger partial charge in [0.1, 0.15) is 5.57 Å². The molecule has 0 spiro atoms. The fraction of sp³-hybridized carbons (Fsp3) is 0.0625. The molecule has 7 heteroatoms. The van der Waals surface area contributed by atoms with E-state index in [1.165, 1.54) is 4.90 Å². The summed E-state index contributed by atoms with van der Waals surface area (Å²) in [6, 6.07) is 10.3. The number of benzene rings is 1. The molecule has 2 heterocycles. The molecule has 1 saturated heterocycles. The van der Waals surface area contributed by atoms with Gasteiger partial charge in [-0.05, 0) is 54.7 Å². The van der Waals surface area contributed by atoms with E-state index >= 15 is 0 Å². The molecule has 1 fully saturated rings. The molecule has 1 aliphatic rings. The molecule has 0 saturated carbocycles. The van der Waals surface area contributed by atoms with Crippen molar-refractivity contribution in [3.05, 3.63) is 58.9 Å². The lowest BCUT2D eigenvalue weighted by atomic mass is 10.1. The van der Waals surface area contributed by atoms with E-state index in [1.54, 1.807) is 30.3 Å². The van der Waals surface area contributed by atoms with Crippen molar-refractivity contribution in [2.75, 3.05) is 4.90 Å². The van der Waals surface area contributed by atoms with Gasteiger partial charge in [0.15, 0.2) is 5.11 Å². The number of nitrogens with zero attached hydrogens (tertiary/aromatic N) is 2. The van der Waals surface area contributed by atoms with Crippen molar-refractivity contribution in [1.82, 2.24) is 9.88 Å². The normalized spacial score (nSPS) is 16.9. The average molecular weight is 346 g/mol. The largest absolute Gasteiger partial charge is 0.351 e. The van der Waals surface area contributed by atoms with Gasteiger partial charge in [-0.3, -0.25) is 19.8 Å². The number of halogens is 1. The summed E-state index contributed by atoms with van der Waals surface area (Å²) in [4.78, 5) is 26.2. The van der Waals surface area contributed by atoms with Gasteiger partial charge in [0.05, 0.1) is 5.69 Å². The van der Waals surface area contributed by atoms with Crippen molar-refractivity contribution in [2.45, 2.75) is 0 Å². The monoisotopic (exact) mass is 345 g/mol. The number of carbonyl (C=O) groups is 2. The number of rotatable bonds is 2. The first-order valence-corrected chi connectivity index (χ1v) is 7.54. The van der Waals surface area contributed by atoms with Gasteiger partial charge in [0.2, 0.25) is 0 Å². The quantitative estimate of drug-likeness (QED) is 0.517.